The van der Waals surface area contributed by atoms with E-state index in [-0.39, 0.29) is 28.3 Å². The number of carbonyl (C=O) groups excluding carboxylic acids is 1. The number of hydrogen-bond acceptors (Lipinski definition) is 4. The van der Waals surface area contributed by atoms with Gasteiger partial charge in [-0.2, -0.15) is 0 Å². The molecule has 1 aromatic carbocycles. The Bertz CT molecular complexity index is 520. The molecule has 1 saturated heterocycles. The molecular formula is C12H13ClN2O4. The standard InChI is InChI=1S/C12H13ClN2O4/c1-8-7-14(4-5-19-8)12(16)10-6-9(15(17)18)2-3-11(10)13/h2-3,6,8H,4-5,7H2,1H3. The molecule has 0 radical (unpaired) electrons. The van der Waals surface area contributed by atoms with Crippen LogP contribution in [-0.4, -0.2) is 41.5 Å². The number of ether oxygens (including phenoxy) is 1. The number of morpholine rings is 1. The number of hydrogen-bond donors (Lipinski definition) is 0. The van der Waals surface area contributed by atoms with Gasteiger partial charge in [0.15, 0.2) is 0 Å². The lowest BCUT2D eigenvalue weighted by molar-refractivity contribution is -0.384. The van der Waals surface area contributed by atoms with Gasteiger partial charge in [0.25, 0.3) is 11.6 Å². The highest BCUT2D eigenvalue weighted by Gasteiger charge is 2.25. The molecule has 1 atom stereocenters. The minimum Gasteiger partial charge on any atom is -0.375 e. The van der Waals surface area contributed by atoms with Crippen molar-refractivity contribution in [3.8, 4) is 0 Å². The molecule has 6 nitrogen and oxygen atoms in total. The largest absolute Gasteiger partial charge is 0.375 e. The lowest BCUT2D eigenvalue weighted by atomic mass is 10.1. The Hall–Kier alpha value is -1.66. The van der Waals surface area contributed by atoms with Gasteiger partial charge in [0.2, 0.25) is 0 Å². The molecule has 1 unspecified atom stereocenters. The quantitative estimate of drug-likeness (QED) is 0.616. The second-order valence-electron chi connectivity index (χ2n) is 4.35. The lowest BCUT2D eigenvalue weighted by Crippen LogP contribution is -2.44. The van der Waals surface area contributed by atoms with Crippen LogP contribution in [0.5, 0.6) is 0 Å². The molecule has 102 valence electrons. The van der Waals surface area contributed by atoms with Gasteiger partial charge >= 0.3 is 0 Å². The first-order valence-electron chi connectivity index (χ1n) is 5.84. The van der Waals surface area contributed by atoms with Crippen LogP contribution in [0.25, 0.3) is 0 Å². The smallest absolute Gasteiger partial charge is 0.270 e. The Morgan fingerprint density at radius 2 is 2.32 bits per heavy atom. The van der Waals surface area contributed by atoms with Gasteiger partial charge in [-0.1, -0.05) is 11.6 Å². The van der Waals surface area contributed by atoms with E-state index in [1.807, 2.05) is 6.92 Å². The fraction of sp³-hybridized carbons (Fsp3) is 0.417. The maximum absolute atomic E-state index is 12.3. The normalized spacial score (nSPS) is 19.3. The molecule has 1 heterocycles. The molecule has 0 aromatic heterocycles. The minimum atomic E-state index is -0.547. The highest BCUT2D eigenvalue weighted by molar-refractivity contribution is 6.33. The number of nitro groups is 1. The van der Waals surface area contributed by atoms with E-state index in [4.69, 9.17) is 16.3 Å². The van der Waals surface area contributed by atoms with Crippen molar-refractivity contribution in [3.05, 3.63) is 38.9 Å². The summed E-state index contributed by atoms with van der Waals surface area (Å²) in [5, 5.41) is 11.0. The average molecular weight is 285 g/mol. The Morgan fingerprint density at radius 1 is 1.58 bits per heavy atom. The Labute approximate surface area is 115 Å². The first-order valence-corrected chi connectivity index (χ1v) is 6.21. The van der Waals surface area contributed by atoms with Crippen molar-refractivity contribution in [2.75, 3.05) is 19.7 Å². The molecule has 19 heavy (non-hydrogen) atoms. The third-order valence-corrected chi connectivity index (χ3v) is 3.25. The van der Waals surface area contributed by atoms with Gasteiger partial charge < -0.3 is 9.64 Å². The van der Waals surface area contributed by atoms with E-state index in [9.17, 15) is 14.9 Å². The average Bonchev–Trinajstić information content (AvgIpc) is 2.38. The van der Waals surface area contributed by atoms with E-state index >= 15 is 0 Å². The van der Waals surface area contributed by atoms with Crippen LogP contribution in [0.1, 0.15) is 17.3 Å². The first kappa shape index (κ1) is 13.8. The molecule has 0 bridgehead atoms. The van der Waals surface area contributed by atoms with Crippen LogP contribution in [0.4, 0.5) is 5.69 Å². The predicted octanol–water partition coefficient (Wildman–Crippen LogP) is 2.11. The highest BCUT2D eigenvalue weighted by atomic mass is 35.5. The van der Waals surface area contributed by atoms with Crippen LogP contribution in [0, 0.1) is 10.1 Å². The van der Waals surface area contributed by atoms with Gasteiger partial charge in [-0.3, -0.25) is 14.9 Å². The molecule has 7 heteroatoms. The van der Waals surface area contributed by atoms with Gasteiger partial charge in [-0.15, -0.1) is 0 Å². The minimum absolute atomic E-state index is 0.0461. The van der Waals surface area contributed by atoms with E-state index < -0.39 is 4.92 Å². The van der Waals surface area contributed by atoms with Gasteiger partial charge in [0.1, 0.15) is 0 Å². The molecule has 1 amide bonds. The zero-order valence-corrected chi connectivity index (χ0v) is 11.1. The van der Waals surface area contributed by atoms with Gasteiger partial charge in [-0.05, 0) is 13.0 Å². The zero-order chi connectivity index (χ0) is 14.0. The molecule has 0 N–H and O–H groups in total. The van der Waals surface area contributed by atoms with Crippen molar-refractivity contribution in [1.29, 1.82) is 0 Å². The second-order valence-corrected chi connectivity index (χ2v) is 4.76. The summed E-state index contributed by atoms with van der Waals surface area (Å²) >= 11 is 5.95. The van der Waals surface area contributed by atoms with Crippen molar-refractivity contribution in [2.45, 2.75) is 13.0 Å². The van der Waals surface area contributed by atoms with Crippen LogP contribution in [-0.2, 0) is 4.74 Å². The first-order chi connectivity index (χ1) is 8.99. The van der Waals surface area contributed by atoms with Crippen LogP contribution in [0.3, 0.4) is 0 Å². The topological polar surface area (TPSA) is 72.7 Å². The summed E-state index contributed by atoms with van der Waals surface area (Å²) in [4.78, 5) is 24.1. The van der Waals surface area contributed by atoms with Gasteiger partial charge in [0.05, 0.1) is 28.2 Å². The summed E-state index contributed by atoms with van der Waals surface area (Å²) in [5.41, 5.74) is 0.0130. The Balaban J connectivity index is 2.27. The molecule has 1 aliphatic heterocycles. The molecule has 0 spiro atoms. The summed E-state index contributed by atoms with van der Waals surface area (Å²) in [5.74, 6) is -0.302. The Kier molecular flexibility index (Phi) is 4.01. The number of nitrogens with zero attached hydrogens (tertiary/aromatic N) is 2. The highest BCUT2D eigenvalue weighted by Crippen LogP contribution is 2.24. The summed E-state index contributed by atoms with van der Waals surface area (Å²) in [7, 11) is 0. The molecular weight excluding hydrogens is 272 g/mol. The fourth-order valence-electron chi connectivity index (χ4n) is 1.96. The number of rotatable bonds is 2. The SMILES string of the molecule is CC1CN(C(=O)c2cc([N+](=O)[O-])ccc2Cl)CCO1. The third kappa shape index (κ3) is 3.02. The maximum Gasteiger partial charge on any atom is 0.270 e. The number of non-ortho nitro benzene ring substituents is 1. The van der Waals surface area contributed by atoms with Crippen molar-refractivity contribution < 1.29 is 14.5 Å². The molecule has 2 rings (SSSR count). The van der Waals surface area contributed by atoms with E-state index in [1.54, 1.807) is 4.90 Å². The van der Waals surface area contributed by atoms with Crippen LogP contribution >= 0.6 is 11.6 Å². The fourth-order valence-corrected chi connectivity index (χ4v) is 2.16. The monoisotopic (exact) mass is 284 g/mol. The number of halogens is 1. The Morgan fingerprint density at radius 3 is 2.95 bits per heavy atom. The lowest BCUT2D eigenvalue weighted by Gasteiger charge is -2.31. The van der Waals surface area contributed by atoms with Crippen molar-refractivity contribution >= 4 is 23.2 Å². The molecule has 1 aliphatic rings. The maximum atomic E-state index is 12.3. The predicted molar refractivity (Wildman–Crippen MR) is 69.4 cm³/mol. The van der Waals surface area contributed by atoms with Gasteiger partial charge in [-0.25, -0.2) is 0 Å². The van der Waals surface area contributed by atoms with Gasteiger partial charge in [0, 0.05) is 25.2 Å². The molecule has 0 saturated carbocycles. The van der Waals surface area contributed by atoms with Crippen molar-refractivity contribution in [1.82, 2.24) is 4.90 Å². The van der Waals surface area contributed by atoms with Crippen molar-refractivity contribution in [3.63, 3.8) is 0 Å². The number of nitro benzene ring substituents is 1. The van der Waals surface area contributed by atoms with E-state index in [0.29, 0.717) is 19.7 Å². The zero-order valence-electron chi connectivity index (χ0n) is 10.3. The molecule has 1 aromatic rings. The molecule has 0 aliphatic carbocycles. The van der Waals surface area contributed by atoms with E-state index in [1.165, 1.54) is 18.2 Å². The van der Waals surface area contributed by atoms with Crippen LogP contribution in [0.15, 0.2) is 18.2 Å². The summed E-state index contributed by atoms with van der Waals surface area (Å²) in [6.07, 6.45) is -0.0461. The summed E-state index contributed by atoms with van der Waals surface area (Å²) < 4.78 is 5.35. The second kappa shape index (κ2) is 5.54. The van der Waals surface area contributed by atoms with E-state index in [0.717, 1.165) is 0 Å². The third-order valence-electron chi connectivity index (χ3n) is 2.92. The molecule has 1 fully saturated rings. The number of benzene rings is 1. The van der Waals surface area contributed by atoms with E-state index in [2.05, 4.69) is 0 Å². The summed E-state index contributed by atoms with van der Waals surface area (Å²) in [6, 6.07) is 3.86. The van der Waals surface area contributed by atoms with Crippen LogP contribution in [0.2, 0.25) is 5.02 Å². The van der Waals surface area contributed by atoms with Crippen molar-refractivity contribution in [2.24, 2.45) is 0 Å². The van der Waals surface area contributed by atoms with Crippen LogP contribution < -0.4 is 0 Å². The number of amides is 1. The summed E-state index contributed by atoms with van der Waals surface area (Å²) in [6.45, 7) is 3.24. The number of carbonyl (C=O) groups is 1.